The van der Waals surface area contributed by atoms with E-state index in [1.807, 2.05) is 12.1 Å². The van der Waals surface area contributed by atoms with Crippen LogP contribution < -0.4 is 34.3 Å². The van der Waals surface area contributed by atoms with Crippen LogP contribution in [-0.4, -0.2) is 20.1 Å². The summed E-state index contributed by atoms with van der Waals surface area (Å²) in [4.78, 5) is -0.201. The molecule has 0 fully saturated rings. The minimum Gasteiger partial charge on any atom is -0.744 e. The summed E-state index contributed by atoms with van der Waals surface area (Å²) in [6, 6.07) is 8.63. The van der Waals surface area contributed by atoms with Gasteiger partial charge in [-0.3, -0.25) is 0 Å². The Bertz CT molecular complexity index is 880. The fourth-order valence-corrected chi connectivity index (χ4v) is 4.86. The van der Waals surface area contributed by atoms with Crippen LogP contribution in [0.3, 0.4) is 0 Å². The molecule has 0 heterocycles. The van der Waals surface area contributed by atoms with E-state index in [4.69, 9.17) is 4.74 Å². The maximum atomic E-state index is 11.7. The molecule has 2 aromatic carbocycles. The molecule has 31 heavy (non-hydrogen) atoms. The molecule has 0 unspecified atom stereocenters. The monoisotopic (exact) mass is 456 g/mol. The minimum absolute atomic E-state index is 0. The average molecular weight is 457 g/mol. The van der Waals surface area contributed by atoms with Crippen LogP contribution in [0.2, 0.25) is 0 Å². The zero-order valence-electron chi connectivity index (χ0n) is 19.6. The number of benzene rings is 2. The number of unbranched alkanes of at least 4 members (excludes halogenated alkanes) is 11. The first-order chi connectivity index (χ1) is 14.5. The van der Waals surface area contributed by atoms with Crippen LogP contribution in [0.5, 0.6) is 5.75 Å². The summed E-state index contributed by atoms with van der Waals surface area (Å²) in [5.74, 6) is 0.519. The molecular formula is C25H37NaO4S. The molecule has 2 aromatic rings. The van der Waals surface area contributed by atoms with Gasteiger partial charge in [0.1, 0.15) is 15.9 Å². The first kappa shape index (κ1) is 28.4. The third-order valence-corrected chi connectivity index (χ3v) is 6.69. The average Bonchev–Trinajstić information content (AvgIpc) is 2.73. The molecule has 0 bridgehead atoms. The largest absolute Gasteiger partial charge is 1.00 e. The van der Waals surface area contributed by atoms with Gasteiger partial charge in [0, 0.05) is 5.39 Å². The predicted octanol–water partition coefficient (Wildman–Crippen LogP) is 4.00. The molecule has 6 heteroatoms. The third-order valence-electron chi connectivity index (χ3n) is 5.81. The molecule has 2 rings (SSSR count). The molecule has 0 spiro atoms. The Morgan fingerprint density at radius 2 is 1.35 bits per heavy atom. The Morgan fingerprint density at radius 1 is 0.806 bits per heavy atom. The van der Waals surface area contributed by atoms with Crippen molar-refractivity contribution in [2.24, 2.45) is 0 Å². The van der Waals surface area contributed by atoms with Crippen LogP contribution in [0.4, 0.5) is 0 Å². The molecular weight excluding hydrogens is 419 g/mol. The Labute approximate surface area is 211 Å². The van der Waals surface area contributed by atoms with Crippen molar-refractivity contribution < 1.29 is 47.3 Å². The van der Waals surface area contributed by atoms with Gasteiger partial charge in [0.05, 0.1) is 12.0 Å². The van der Waals surface area contributed by atoms with Crippen LogP contribution >= 0.6 is 0 Å². The second-order valence-corrected chi connectivity index (χ2v) is 9.55. The Kier molecular flexibility index (Phi) is 14.0. The number of hydrogen-bond donors (Lipinski definition) is 0. The van der Waals surface area contributed by atoms with Crippen molar-refractivity contribution in [2.45, 2.75) is 95.3 Å². The van der Waals surface area contributed by atoms with Gasteiger partial charge in [-0.2, -0.15) is 0 Å². The molecule has 0 aliphatic heterocycles. The standard InChI is InChI=1S/C25H38O4S.Na/c1-3-4-5-6-7-8-9-10-11-12-13-14-16-22-20-19-21-17-15-18-23(30(26,27)28)24(21)25(22)29-2;/h15,17-20H,3-14,16H2,1-2H3,(H,26,27,28);/q;+1/p-1. The van der Waals surface area contributed by atoms with Gasteiger partial charge in [-0.1, -0.05) is 102 Å². The summed E-state index contributed by atoms with van der Waals surface area (Å²) < 4.78 is 40.6. The number of aryl methyl sites for hydroxylation is 1. The molecule has 0 aliphatic rings. The summed E-state index contributed by atoms with van der Waals surface area (Å²) in [7, 11) is -3.02. The first-order valence-corrected chi connectivity index (χ1v) is 12.9. The summed E-state index contributed by atoms with van der Waals surface area (Å²) in [6.45, 7) is 2.25. The van der Waals surface area contributed by atoms with E-state index in [1.165, 1.54) is 77.4 Å². The molecule has 0 saturated heterocycles. The predicted molar refractivity (Wildman–Crippen MR) is 123 cm³/mol. The molecule has 0 aromatic heterocycles. The Balaban J connectivity index is 0.00000480. The zero-order chi connectivity index (χ0) is 21.8. The number of methoxy groups -OCH3 is 1. The van der Waals surface area contributed by atoms with E-state index in [1.54, 1.807) is 12.1 Å². The quantitative estimate of drug-likeness (QED) is 0.231. The third kappa shape index (κ3) is 9.43. The summed E-state index contributed by atoms with van der Waals surface area (Å²) >= 11 is 0. The van der Waals surface area contributed by atoms with E-state index in [9.17, 15) is 13.0 Å². The van der Waals surface area contributed by atoms with E-state index < -0.39 is 10.1 Å². The van der Waals surface area contributed by atoms with Gasteiger partial charge < -0.3 is 9.29 Å². The molecule has 0 amide bonds. The second-order valence-electron chi connectivity index (χ2n) is 8.21. The molecule has 4 nitrogen and oxygen atoms in total. The van der Waals surface area contributed by atoms with Crippen molar-refractivity contribution >= 4 is 20.9 Å². The van der Waals surface area contributed by atoms with E-state index in [0.29, 0.717) is 16.5 Å². The van der Waals surface area contributed by atoms with Gasteiger partial charge in [0.25, 0.3) is 0 Å². The first-order valence-electron chi connectivity index (χ1n) is 11.5. The van der Waals surface area contributed by atoms with Crippen molar-refractivity contribution in [2.75, 3.05) is 7.11 Å². The number of hydrogen-bond acceptors (Lipinski definition) is 4. The van der Waals surface area contributed by atoms with Crippen LogP contribution in [0.25, 0.3) is 10.8 Å². The maximum Gasteiger partial charge on any atom is 1.00 e. The van der Waals surface area contributed by atoms with Gasteiger partial charge in [-0.25, -0.2) is 8.42 Å². The molecule has 168 valence electrons. The Hall–Kier alpha value is -0.590. The SMILES string of the molecule is CCCCCCCCCCCCCCc1ccc2cccc(S(=O)(=O)[O-])c2c1OC.[Na+]. The maximum absolute atomic E-state index is 11.7. The van der Waals surface area contributed by atoms with E-state index in [0.717, 1.165) is 24.8 Å². The van der Waals surface area contributed by atoms with Gasteiger partial charge in [0.15, 0.2) is 0 Å². The van der Waals surface area contributed by atoms with Crippen LogP contribution in [-0.2, 0) is 16.5 Å². The molecule has 0 atom stereocenters. The fourth-order valence-electron chi connectivity index (χ4n) is 4.15. The van der Waals surface area contributed by atoms with Gasteiger partial charge >= 0.3 is 29.6 Å². The van der Waals surface area contributed by atoms with Crippen molar-refractivity contribution in [3.63, 3.8) is 0 Å². The van der Waals surface area contributed by atoms with Crippen molar-refractivity contribution in [3.8, 4) is 5.75 Å². The van der Waals surface area contributed by atoms with E-state index in [2.05, 4.69) is 6.92 Å². The van der Waals surface area contributed by atoms with Crippen LogP contribution in [0.1, 0.15) is 89.5 Å². The van der Waals surface area contributed by atoms with Crippen molar-refractivity contribution in [1.29, 1.82) is 0 Å². The van der Waals surface area contributed by atoms with Gasteiger partial charge in [-0.05, 0) is 29.9 Å². The summed E-state index contributed by atoms with van der Waals surface area (Å²) in [5.41, 5.74) is 0.966. The molecule has 0 N–H and O–H groups in total. The zero-order valence-corrected chi connectivity index (χ0v) is 22.4. The van der Waals surface area contributed by atoms with Crippen molar-refractivity contribution in [1.82, 2.24) is 0 Å². The normalized spacial score (nSPS) is 11.5. The second kappa shape index (κ2) is 15.3. The summed E-state index contributed by atoms with van der Waals surface area (Å²) in [6.07, 6.45) is 16.4. The van der Waals surface area contributed by atoms with Gasteiger partial charge in [0.2, 0.25) is 0 Å². The molecule has 0 aliphatic carbocycles. The minimum atomic E-state index is -4.56. The van der Waals surface area contributed by atoms with Gasteiger partial charge in [-0.15, -0.1) is 0 Å². The van der Waals surface area contributed by atoms with Crippen LogP contribution in [0, 0.1) is 0 Å². The molecule has 0 radical (unpaired) electrons. The topological polar surface area (TPSA) is 66.4 Å². The van der Waals surface area contributed by atoms with E-state index in [-0.39, 0.29) is 34.5 Å². The Morgan fingerprint density at radius 3 is 1.87 bits per heavy atom. The molecule has 0 saturated carbocycles. The van der Waals surface area contributed by atoms with Crippen LogP contribution in [0.15, 0.2) is 35.2 Å². The number of ether oxygens (including phenoxy) is 1. The number of rotatable bonds is 15. The fraction of sp³-hybridized carbons (Fsp3) is 0.600. The smallest absolute Gasteiger partial charge is 0.744 e. The van der Waals surface area contributed by atoms with Crippen molar-refractivity contribution in [3.05, 3.63) is 35.9 Å². The summed E-state index contributed by atoms with van der Waals surface area (Å²) in [5, 5.41) is 1.12. The number of fused-ring (bicyclic) bond motifs is 1. The van der Waals surface area contributed by atoms with E-state index >= 15 is 0 Å².